The predicted molar refractivity (Wildman–Crippen MR) is 58.7 cm³/mol. The van der Waals surface area contributed by atoms with Crippen LogP contribution in [-0.4, -0.2) is 25.0 Å². The molecule has 1 unspecified atom stereocenters. The molecule has 0 aromatic rings. The first-order valence-electron chi connectivity index (χ1n) is 5.62. The first kappa shape index (κ1) is 12.7. The number of carbonyl (C=O) groups excluding carboxylic acids is 2. The summed E-state index contributed by atoms with van der Waals surface area (Å²) in [4.78, 5) is 23.1. The number of ketones is 1. The summed E-state index contributed by atoms with van der Waals surface area (Å²) in [5, 5.41) is 0. The maximum absolute atomic E-state index is 11.9. The average Bonchev–Trinajstić information content (AvgIpc) is 2.47. The van der Waals surface area contributed by atoms with Gasteiger partial charge in [0, 0.05) is 5.92 Å². The summed E-state index contributed by atoms with van der Waals surface area (Å²) in [6, 6.07) is 0. The van der Waals surface area contributed by atoms with Crippen LogP contribution >= 0.6 is 0 Å². The highest BCUT2D eigenvalue weighted by atomic mass is 16.5. The van der Waals surface area contributed by atoms with Crippen molar-refractivity contribution in [3.05, 3.63) is 11.3 Å². The van der Waals surface area contributed by atoms with Gasteiger partial charge in [-0.1, -0.05) is 0 Å². The Bertz CT molecular complexity index is 317. The Morgan fingerprint density at radius 1 is 1.38 bits per heavy atom. The number of Topliss-reactive ketones (excluding diaryl/α,β-unsaturated/α-hetero) is 1. The molecule has 4 nitrogen and oxygen atoms in total. The summed E-state index contributed by atoms with van der Waals surface area (Å²) < 4.78 is 10.1. The van der Waals surface area contributed by atoms with E-state index in [9.17, 15) is 9.59 Å². The summed E-state index contributed by atoms with van der Waals surface area (Å²) in [6.07, 6.45) is 0.758. The smallest absolute Gasteiger partial charge is 0.306 e. The van der Waals surface area contributed by atoms with Crippen LogP contribution in [0.25, 0.3) is 0 Å². The van der Waals surface area contributed by atoms with Gasteiger partial charge in [0.2, 0.25) is 5.78 Å². The zero-order valence-corrected chi connectivity index (χ0v) is 10.0. The van der Waals surface area contributed by atoms with Crippen LogP contribution < -0.4 is 0 Å². The highest BCUT2D eigenvalue weighted by Gasteiger charge is 2.34. The minimum atomic E-state index is -0.314. The molecule has 0 amide bonds. The van der Waals surface area contributed by atoms with Crippen molar-refractivity contribution >= 4 is 11.8 Å². The Kier molecular flexibility index (Phi) is 4.52. The Morgan fingerprint density at radius 2 is 2.06 bits per heavy atom. The van der Waals surface area contributed by atoms with E-state index in [1.54, 1.807) is 6.92 Å². The molecule has 0 N–H and O–H groups in total. The Labute approximate surface area is 95.6 Å². The van der Waals surface area contributed by atoms with E-state index in [2.05, 4.69) is 0 Å². The van der Waals surface area contributed by atoms with Gasteiger partial charge >= 0.3 is 5.97 Å². The zero-order chi connectivity index (χ0) is 12.1. The molecule has 90 valence electrons. The monoisotopic (exact) mass is 226 g/mol. The van der Waals surface area contributed by atoms with Gasteiger partial charge in [0.1, 0.15) is 0 Å². The lowest BCUT2D eigenvalue weighted by Crippen LogP contribution is -2.17. The first-order valence-corrected chi connectivity index (χ1v) is 5.62. The maximum Gasteiger partial charge on any atom is 0.306 e. The number of hydrogen-bond acceptors (Lipinski definition) is 4. The Hall–Kier alpha value is -1.32. The summed E-state index contributed by atoms with van der Waals surface area (Å²) in [6.45, 7) is 6.29. The molecule has 0 heterocycles. The van der Waals surface area contributed by atoms with Crippen molar-refractivity contribution in [3.63, 3.8) is 0 Å². The lowest BCUT2D eigenvalue weighted by atomic mass is 10.0. The molecule has 1 aliphatic rings. The molecular weight excluding hydrogens is 208 g/mol. The van der Waals surface area contributed by atoms with Crippen molar-refractivity contribution in [2.45, 2.75) is 33.6 Å². The highest BCUT2D eigenvalue weighted by Crippen LogP contribution is 2.31. The quantitative estimate of drug-likeness (QED) is 0.671. The Balaban J connectivity index is 2.57. The SMILES string of the molecule is CCOC(=O)CC1CC(C)=C(OCC)C1=O. The van der Waals surface area contributed by atoms with Crippen molar-refractivity contribution in [1.82, 2.24) is 0 Å². The fourth-order valence-electron chi connectivity index (χ4n) is 1.88. The van der Waals surface area contributed by atoms with Crippen LogP contribution in [-0.2, 0) is 19.1 Å². The zero-order valence-electron chi connectivity index (χ0n) is 10.0. The second kappa shape index (κ2) is 5.68. The van der Waals surface area contributed by atoms with Crippen molar-refractivity contribution < 1.29 is 19.1 Å². The predicted octanol–water partition coefficient (Wildman–Crippen LogP) is 1.84. The van der Waals surface area contributed by atoms with Gasteiger partial charge in [0.25, 0.3) is 0 Å². The van der Waals surface area contributed by atoms with Crippen LogP contribution in [0, 0.1) is 5.92 Å². The van der Waals surface area contributed by atoms with Crippen molar-refractivity contribution in [2.75, 3.05) is 13.2 Å². The van der Waals surface area contributed by atoms with Crippen LogP contribution in [0.5, 0.6) is 0 Å². The summed E-state index contributed by atoms with van der Waals surface area (Å²) in [7, 11) is 0. The highest BCUT2D eigenvalue weighted by molar-refractivity contribution is 6.00. The van der Waals surface area contributed by atoms with Crippen molar-refractivity contribution in [1.29, 1.82) is 0 Å². The van der Waals surface area contributed by atoms with Crippen LogP contribution in [0.1, 0.15) is 33.6 Å². The summed E-state index contributed by atoms with van der Waals surface area (Å²) >= 11 is 0. The number of rotatable bonds is 5. The number of allylic oxidation sites excluding steroid dienone is 2. The number of ether oxygens (including phenoxy) is 2. The molecule has 0 aromatic heterocycles. The van der Waals surface area contributed by atoms with E-state index in [4.69, 9.17) is 9.47 Å². The van der Waals surface area contributed by atoms with Gasteiger partial charge in [0.05, 0.1) is 19.6 Å². The van der Waals surface area contributed by atoms with Crippen LogP contribution in [0.15, 0.2) is 11.3 Å². The normalized spacial score (nSPS) is 20.2. The number of esters is 1. The molecule has 0 spiro atoms. The second-order valence-electron chi connectivity index (χ2n) is 3.82. The minimum absolute atomic E-state index is 0.0626. The van der Waals surface area contributed by atoms with Gasteiger partial charge in [-0.15, -0.1) is 0 Å². The number of hydrogen-bond donors (Lipinski definition) is 0. The lowest BCUT2D eigenvalue weighted by Gasteiger charge is -2.08. The summed E-state index contributed by atoms with van der Waals surface area (Å²) in [5.41, 5.74) is 0.932. The van der Waals surface area contributed by atoms with Gasteiger partial charge in [-0.2, -0.15) is 0 Å². The van der Waals surface area contributed by atoms with E-state index in [0.29, 0.717) is 25.4 Å². The van der Waals surface area contributed by atoms with E-state index in [1.165, 1.54) is 0 Å². The fraction of sp³-hybridized carbons (Fsp3) is 0.667. The third kappa shape index (κ3) is 2.84. The third-order valence-electron chi connectivity index (χ3n) is 2.54. The molecule has 0 fully saturated rings. The van der Waals surface area contributed by atoms with Crippen molar-refractivity contribution in [2.24, 2.45) is 5.92 Å². The first-order chi connectivity index (χ1) is 7.60. The second-order valence-corrected chi connectivity index (χ2v) is 3.82. The van der Waals surface area contributed by atoms with Crippen LogP contribution in [0.4, 0.5) is 0 Å². The third-order valence-corrected chi connectivity index (χ3v) is 2.54. The molecule has 0 aromatic carbocycles. The van der Waals surface area contributed by atoms with Gasteiger partial charge in [-0.05, 0) is 32.8 Å². The largest absolute Gasteiger partial charge is 0.490 e. The van der Waals surface area contributed by atoms with E-state index < -0.39 is 0 Å². The molecule has 0 aliphatic heterocycles. The van der Waals surface area contributed by atoms with Gasteiger partial charge in [-0.25, -0.2) is 0 Å². The Morgan fingerprint density at radius 3 is 2.62 bits per heavy atom. The van der Waals surface area contributed by atoms with Crippen LogP contribution in [0.2, 0.25) is 0 Å². The molecular formula is C12H18O4. The molecule has 4 heteroatoms. The van der Waals surface area contributed by atoms with E-state index in [0.717, 1.165) is 5.57 Å². The standard InChI is InChI=1S/C12H18O4/c1-4-15-10(13)7-9-6-8(3)12(11(9)14)16-5-2/h9H,4-7H2,1-3H3. The van der Waals surface area contributed by atoms with E-state index in [-0.39, 0.29) is 24.1 Å². The van der Waals surface area contributed by atoms with Gasteiger partial charge < -0.3 is 9.47 Å². The van der Waals surface area contributed by atoms with Crippen molar-refractivity contribution in [3.8, 4) is 0 Å². The van der Waals surface area contributed by atoms with Crippen LogP contribution in [0.3, 0.4) is 0 Å². The number of carbonyl (C=O) groups is 2. The molecule has 0 radical (unpaired) electrons. The summed E-state index contributed by atoms with van der Waals surface area (Å²) in [5.74, 6) is -0.226. The van der Waals surface area contributed by atoms with Gasteiger partial charge in [0.15, 0.2) is 5.76 Å². The molecule has 0 bridgehead atoms. The molecule has 1 atom stereocenters. The average molecular weight is 226 g/mol. The van der Waals surface area contributed by atoms with E-state index >= 15 is 0 Å². The van der Waals surface area contributed by atoms with E-state index in [1.807, 2.05) is 13.8 Å². The molecule has 0 saturated heterocycles. The molecule has 16 heavy (non-hydrogen) atoms. The van der Waals surface area contributed by atoms with Gasteiger partial charge in [-0.3, -0.25) is 9.59 Å². The maximum atomic E-state index is 11.9. The fourth-order valence-corrected chi connectivity index (χ4v) is 1.88. The molecule has 1 aliphatic carbocycles. The topological polar surface area (TPSA) is 52.6 Å². The lowest BCUT2D eigenvalue weighted by molar-refractivity contribution is -0.145. The minimum Gasteiger partial charge on any atom is -0.490 e. The molecule has 1 rings (SSSR count). The molecule has 0 saturated carbocycles.